The zero-order valence-electron chi connectivity index (χ0n) is 12.4. The highest BCUT2D eigenvalue weighted by Crippen LogP contribution is 2.26. The number of aromatic nitrogens is 2. The first-order valence-electron chi connectivity index (χ1n) is 6.93. The van der Waals surface area contributed by atoms with Crippen LogP contribution in [0.5, 0.6) is 0 Å². The topological polar surface area (TPSA) is 54.9 Å². The summed E-state index contributed by atoms with van der Waals surface area (Å²) in [6, 6.07) is 7.86. The highest BCUT2D eigenvalue weighted by molar-refractivity contribution is 8.01. The molecular weight excluding hydrogens is 302 g/mol. The Labute approximate surface area is 133 Å². The predicted octanol–water partition coefficient (Wildman–Crippen LogP) is 4.07. The number of anilines is 1. The number of rotatable bonds is 7. The third-order valence-electron chi connectivity index (χ3n) is 2.96. The highest BCUT2D eigenvalue weighted by atomic mass is 32.2. The highest BCUT2D eigenvalue weighted by Gasteiger charge is 2.10. The summed E-state index contributed by atoms with van der Waals surface area (Å²) in [5.41, 5.74) is 2.00. The zero-order chi connectivity index (χ0) is 15.2. The molecule has 0 aliphatic rings. The molecule has 0 atom stereocenters. The minimum atomic E-state index is 0.121. The van der Waals surface area contributed by atoms with E-state index in [9.17, 15) is 4.79 Å². The lowest BCUT2D eigenvalue weighted by atomic mass is 10.0. The smallest absolute Gasteiger partial charge is 0.206 e. The molecule has 4 nitrogen and oxygen atoms in total. The Bertz CT molecular complexity index is 593. The Balaban J connectivity index is 1.91. The van der Waals surface area contributed by atoms with Gasteiger partial charge in [-0.25, -0.2) is 0 Å². The summed E-state index contributed by atoms with van der Waals surface area (Å²) in [6.07, 6.45) is 0. The van der Waals surface area contributed by atoms with Crippen LogP contribution in [-0.4, -0.2) is 28.3 Å². The molecule has 1 aromatic heterocycles. The molecule has 0 saturated carbocycles. The Morgan fingerprint density at radius 2 is 2.00 bits per heavy atom. The van der Waals surface area contributed by atoms with Crippen molar-refractivity contribution < 1.29 is 4.79 Å². The summed E-state index contributed by atoms with van der Waals surface area (Å²) < 4.78 is 0.818. The Kier molecular flexibility index (Phi) is 5.76. The van der Waals surface area contributed by atoms with Crippen LogP contribution in [0.1, 0.15) is 42.6 Å². The Morgan fingerprint density at radius 1 is 1.29 bits per heavy atom. The van der Waals surface area contributed by atoms with Gasteiger partial charge in [0.2, 0.25) is 5.13 Å². The van der Waals surface area contributed by atoms with Gasteiger partial charge in [-0.15, -0.1) is 10.2 Å². The largest absolute Gasteiger partial charge is 0.360 e. The Hall–Kier alpha value is -1.40. The number of hydrogen-bond donors (Lipinski definition) is 1. The molecule has 0 aliphatic heterocycles. The van der Waals surface area contributed by atoms with E-state index in [0.717, 1.165) is 21.6 Å². The van der Waals surface area contributed by atoms with Gasteiger partial charge >= 0.3 is 0 Å². The molecule has 1 N–H and O–H groups in total. The summed E-state index contributed by atoms with van der Waals surface area (Å²) in [4.78, 5) is 12.2. The summed E-state index contributed by atoms with van der Waals surface area (Å²) in [5.74, 6) is 0.992. The number of Topliss-reactive ketones (excluding diaryl/α,β-unsaturated/α-hetero) is 1. The molecule has 0 spiro atoms. The normalized spacial score (nSPS) is 10.9. The van der Waals surface area contributed by atoms with Crippen molar-refractivity contribution in [3.05, 3.63) is 35.4 Å². The zero-order valence-corrected chi connectivity index (χ0v) is 14.1. The standard InChI is InChI=1S/C15H19N3OS2/c1-4-16-14-17-18-15(21-14)20-9-13(19)12-7-5-11(6-8-12)10(2)3/h5-8,10H,4,9H2,1-3H3,(H,16,17). The van der Waals surface area contributed by atoms with Gasteiger partial charge in [-0.05, 0) is 18.4 Å². The van der Waals surface area contributed by atoms with E-state index in [2.05, 4.69) is 29.4 Å². The van der Waals surface area contributed by atoms with Gasteiger partial charge in [-0.2, -0.15) is 0 Å². The fourth-order valence-corrected chi connectivity index (χ4v) is 3.47. The molecule has 1 heterocycles. The van der Waals surface area contributed by atoms with Gasteiger partial charge in [-0.1, -0.05) is 61.2 Å². The number of nitrogens with one attached hydrogen (secondary N) is 1. The van der Waals surface area contributed by atoms with Crippen LogP contribution >= 0.6 is 23.1 Å². The predicted molar refractivity (Wildman–Crippen MR) is 89.7 cm³/mol. The molecule has 2 aromatic rings. The number of carbonyl (C=O) groups is 1. The monoisotopic (exact) mass is 321 g/mol. The van der Waals surface area contributed by atoms with Crippen molar-refractivity contribution >= 4 is 34.0 Å². The summed E-state index contributed by atoms with van der Waals surface area (Å²) in [6.45, 7) is 7.12. The Morgan fingerprint density at radius 3 is 2.62 bits per heavy atom. The molecular formula is C15H19N3OS2. The van der Waals surface area contributed by atoms with Crippen LogP contribution in [0.2, 0.25) is 0 Å². The van der Waals surface area contributed by atoms with Gasteiger partial charge in [-0.3, -0.25) is 4.79 Å². The van der Waals surface area contributed by atoms with Crippen LogP contribution in [-0.2, 0) is 0 Å². The van der Waals surface area contributed by atoms with Crippen LogP contribution in [0.3, 0.4) is 0 Å². The molecule has 0 aliphatic carbocycles. The van der Waals surface area contributed by atoms with Crippen LogP contribution in [0.15, 0.2) is 28.6 Å². The number of thioether (sulfide) groups is 1. The molecule has 1 aromatic carbocycles. The minimum Gasteiger partial charge on any atom is -0.360 e. The average molecular weight is 321 g/mol. The molecule has 0 bridgehead atoms. The molecule has 0 saturated heterocycles. The molecule has 2 rings (SSSR count). The molecule has 0 radical (unpaired) electrons. The van der Waals surface area contributed by atoms with E-state index in [0.29, 0.717) is 11.7 Å². The molecule has 0 amide bonds. The summed E-state index contributed by atoms with van der Waals surface area (Å²) in [5, 5.41) is 12.0. The number of hydrogen-bond acceptors (Lipinski definition) is 6. The fraction of sp³-hybridized carbons (Fsp3) is 0.400. The number of ketones is 1. The lowest BCUT2D eigenvalue weighted by molar-refractivity contribution is 0.102. The van der Waals surface area contributed by atoms with Crippen LogP contribution in [0, 0.1) is 0 Å². The maximum atomic E-state index is 12.2. The van der Waals surface area contributed by atoms with Crippen LogP contribution in [0.25, 0.3) is 0 Å². The third-order valence-corrected chi connectivity index (χ3v) is 4.97. The van der Waals surface area contributed by atoms with Gasteiger partial charge in [0, 0.05) is 12.1 Å². The van der Waals surface area contributed by atoms with E-state index in [4.69, 9.17) is 0 Å². The van der Waals surface area contributed by atoms with Crippen LogP contribution < -0.4 is 5.32 Å². The number of benzene rings is 1. The van der Waals surface area contributed by atoms with E-state index >= 15 is 0 Å². The minimum absolute atomic E-state index is 0.121. The van der Waals surface area contributed by atoms with E-state index in [1.54, 1.807) is 0 Å². The van der Waals surface area contributed by atoms with Crippen molar-refractivity contribution in [3.63, 3.8) is 0 Å². The second-order valence-corrected chi connectivity index (χ2v) is 7.09. The van der Waals surface area contributed by atoms with Crippen molar-refractivity contribution in [1.82, 2.24) is 10.2 Å². The first-order valence-corrected chi connectivity index (χ1v) is 8.73. The lowest BCUT2D eigenvalue weighted by Gasteiger charge is -2.05. The van der Waals surface area contributed by atoms with Crippen molar-refractivity contribution in [2.45, 2.75) is 31.0 Å². The second kappa shape index (κ2) is 7.56. The van der Waals surface area contributed by atoms with Crippen molar-refractivity contribution in [2.75, 3.05) is 17.6 Å². The first-order chi connectivity index (χ1) is 10.1. The van der Waals surface area contributed by atoms with E-state index in [-0.39, 0.29) is 5.78 Å². The molecule has 0 fully saturated rings. The van der Waals surface area contributed by atoms with E-state index in [1.807, 2.05) is 31.2 Å². The van der Waals surface area contributed by atoms with E-state index in [1.165, 1.54) is 28.7 Å². The first kappa shape index (κ1) is 16.0. The van der Waals surface area contributed by atoms with Crippen molar-refractivity contribution in [3.8, 4) is 0 Å². The van der Waals surface area contributed by atoms with Gasteiger partial charge in [0.05, 0.1) is 5.75 Å². The quantitative estimate of drug-likeness (QED) is 0.615. The second-order valence-electron chi connectivity index (χ2n) is 4.89. The summed E-state index contributed by atoms with van der Waals surface area (Å²) in [7, 11) is 0. The maximum Gasteiger partial charge on any atom is 0.206 e. The average Bonchev–Trinajstić information content (AvgIpc) is 2.93. The van der Waals surface area contributed by atoms with Gasteiger partial charge < -0.3 is 5.32 Å². The molecule has 0 unspecified atom stereocenters. The lowest BCUT2D eigenvalue weighted by Crippen LogP contribution is -2.02. The van der Waals surface area contributed by atoms with Gasteiger partial charge in [0.1, 0.15) is 0 Å². The van der Waals surface area contributed by atoms with Crippen molar-refractivity contribution in [1.29, 1.82) is 0 Å². The summed E-state index contributed by atoms with van der Waals surface area (Å²) >= 11 is 2.91. The van der Waals surface area contributed by atoms with E-state index < -0.39 is 0 Å². The third kappa shape index (κ3) is 4.54. The SMILES string of the molecule is CCNc1nnc(SCC(=O)c2ccc(C(C)C)cc2)s1. The molecule has 21 heavy (non-hydrogen) atoms. The molecule has 6 heteroatoms. The van der Waals surface area contributed by atoms with Crippen molar-refractivity contribution in [2.24, 2.45) is 0 Å². The van der Waals surface area contributed by atoms with Gasteiger partial charge in [0.15, 0.2) is 10.1 Å². The fourth-order valence-electron chi connectivity index (χ4n) is 1.76. The van der Waals surface area contributed by atoms with Crippen LogP contribution in [0.4, 0.5) is 5.13 Å². The van der Waals surface area contributed by atoms with Gasteiger partial charge in [0.25, 0.3) is 0 Å². The molecule has 112 valence electrons. The number of nitrogens with zero attached hydrogens (tertiary/aromatic N) is 2. The number of carbonyl (C=O) groups excluding carboxylic acids is 1. The maximum absolute atomic E-state index is 12.2.